The maximum Gasteiger partial charge on any atom is 0.135 e. The molecule has 0 fully saturated rings. The number of hydrogen-bond acceptors (Lipinski definition) is 4. The molecule has 0 unspecified atom stereocenters. The Labute approximate surface area is 533 Å². The van der Waals surface area contributed by atoms with E-state index >= 15 is 0 Å². The summed E-state index contributed by atoms with van der Waals surface area (Å²) >= 11 is 0. The first-order chi connectivity index (χ1) is 44.7. The standard InChI is InChI=1S/C78H81N4O.Pt/c1-50(2)41-51-42-63(53-29-27-52(28-30-53)60-34-32-55(74(3,4)5)45-66(60)76(9,10)11)73(64(43-51)54-31-36-65-67(44-54)78(14,15)39-38-77(65,12)13)81-49-80(69-25-18-19-26-70(69)81)57-21-20-22-58(47-57)83-59-33-35-62-61-23-16-17-24-68(61)82(71(62)48-59)72-46-56(37-40-79-72)75(6,7)8;/h16-37,40,42-46,49-50H,38-39,41H2,1-15H3;/q-3;/i16D,17D,23D,24D,27D,28D,29D,30D,32D,34D,41D2,45D;. The van der Waals surface area contributed by atoms with Crippen molar-refractivity contribution in [2.45, 2.75) is 150 Å². The average molecular weight is 1300 g/mol. The summed E-state index contributed by atoms with van der Waals surface area (Å²) in [5, 5.41) is 0.851. The van der Waals surface area contributed by atoms with Gasteiger partial charge in [0.2, 0.25) is 0 Å². The van der Waals surface area contributed by atoms with Crippen LogP contribution in [0.15, 0.2) is 170 Å². The van der Waals surface area contributed by atoms with Crippen LogP contribution in [0.3, 0.4) is 0 Å². The van der Waals surface area contributed by atoms with Gasteiger partial charge >= 0.3 is 0 Å². The number of benzene rings is 8. The number of para-hydroxylation sites is 3. The Morgan fingerprint density at radius 3 is 1.94 bits per heavy atom. The molecule has 0 radical (unpaired) electrons. The molecule has 6 heteroatoms. The Morgan fingerprint density at radius 2 is 1.26 bits per heavy atom. The average Bonchev–Trinajstić information content (AvgIpc) is 1.71. The zero-order valence-electron chi connectivity index (χ0n) is 63.9. The largest absolute Gasteiger partial charge is 0.509 e. The quantitative estimate of drug-likeness (QED) is 0.128. The van der Waals surface area contributed by atoms with Crippen molar-refractivity contribution in [1.29, 1.82) is 0 Å². The van der Waals surface area contributed by atoms with Crippen LogP contribution in [-0.2, 0) is 54.5 Å². The van der Waals surface area contributed by atoms with Crippen molar-refractivity contribution in [3.8, 4) is 50.7 Å². The van der Waals surface area contributed by atoms with Crippen LogP contribution >= 0.6 is 0 Å². The first-order valence-corrected chi connectivity index (χ1v) is 28.9. The number of hydrogen-bond donors (Lipinski definition) is 0. The molecule has 84 heavy (non-hydrogen) atoms. The van der Waals surface area contributed by atoms with Crippen molar-refractivity contribution in [3.63, 3.8) is 0 Å². The van der Waals surface area contributed by atoms with Crippen molar-refractivity contribution in [1.82, 2.24) is 9.55 Å². The third-order valence-corrected chi connectivity index (χ3v) is 16.4. The van der Waals surface area contributed by atoms with Gasteiger partial charge in [0, 0.05) is 75.2 Å². The van der Waals surface area contributed by atoms with E-state index in [1.807, 2.05) is 113 Å². The Kier molecular flexibility index (Phi) is 11.4. The van der Waals surface area contributed by atoms with Gasteiger partial charge in [-0.1, -0.05) is 200 Å². The van der Waals surface area contributed by atoms with E-state index in [-0.39, 0.29) is 119 Å². The smallest absolute Gasteiger partial charge is 0.135 e. The molecule has 0 bridgehead atoms. The minimum absolute atomic E-state index is 0. The molecule has 8 aromatic carbocycles. The van der Waals surface area contributed by atoms with Crippen LogP contribution in [-0.4, -0.2) is 9.55 Å². The molecule has 10 aromatic rings. The second-order valence-electron chi connectivity index (χ2n) is 27.1. The molecule has 0 saturated heterocycles. The predicted octanol–water partition coefficient (Wildman–Crippen LogP) is 21.4. The van der Waals surface area contributed by atoms with E-state index in [4.69, 9.17) is 13.8 Å². The van der Waals surface area contributed by atoms with Crippen LogP contribution in [0, 0.1) is 24.7 Å². The third kappa shape index (κ3) is 11.0. The maximum atomic E-state index is 10.3. The van der Waals surface area contributed by atoms with E-state index in [1.165, 1.54) is 5.56 Å². The fraction of sp³-hybridized carbons (Fsp3) is 0.308. The molecule has 2 aromatic heterocycles. The molecule has 432 valence electrons. The predicted molar refractivity (Wildman–Crippen MR) is 350 cm³/mol. The van der Waals surface area contributed by atoms with Crippen molar-refractivity contribution < 1.29 is 43.6 Å². The molecule has 12 rings (SSSR count). The molecule has 0 amide bonds. The normalized spacial score (nSPS) is 17.3. The van der Waals surface area contributed by atoms with Crippen molar-refractivity contribution in [2.75, 3.05) is 9.80 Å². The zero-order valence-corrected chi connectivity index (χ0v) is 53.2. The van der Waals surface area contributed by atoms with Gasteiger partial charge in [-0.25, -0.2) is 4.98 Å². The second-order valence-corrected chi connectivity index (χ2v) is 27.1. The Balaban J connectivity index is 0.00000954. The molecule has 0 spiro atoms. The summed E-state index contributed by atoms with van der Waals surface area (Å²) in [5.41, 5.74) is 6.27. The molecule has 0 N–H and O–H groups in total. The van der Waals surface area contributed by atoms with Crippen LogP contribution in [0.5, 0.6) is 11.5 Å². The van der Waals surface area contributed by atoms with Gasteiger partial charge in [-0.15, -0.1) is 48.1 Å². The molecular weight excluding hydrogens is 1200 g/mol. The number of ether oxygens (including phenoxy) is 1. The summed E-state index contributed by atoms with van der Waals surface area (Å²) in [7, 11) is 0. The van der Waals surface area contributed by atoms with Crippen LogP contribution in [0.4, 0.5) is 22.7 Å². The Morgan fingerprint density at radius 1 is 0.619 bits per heavy atom. The summed E-state index contributed by atoms with van der Waals surface area (Å²) in [6.07, 6.45) is 1.60. The fourth-order valence-corrected chi connectivity index (χ4v) is 11.7. The van der Waals surface area contributed by atoms with E-state index < -0.39 is 47.3 Å². The van der Waals surface area contributed by atoms with E-state index in [0.29, 0.717) is 67.3 Å². The van der Waals surface area contributed by atoms with Crippen molar-refractivity contribution in [3.05, 3.63) is 222 Å². The van der Waals surface area contributed by atoms with E-state index in [9.17, 15) is 13.7 Å². The number of pyridine rings is 1. The van der Waals surface area contributed by atoms with E-state index in [2.05, 4.69) is 78.8 Å². The van der Waals surface area contributed by atoms with Crippen LogP contribution in [0.25, 0.3) is 61.0 Å². The molecule has 3 heterocycles. The number of fused-ring (bicyclic) bond motifs is 5. The molecule has 0 atom stereocenters. The number of rotatable bonds is 10. The topological polar surface area (TPSA) is 33.5 Å². The maximum absolute atomic E-state index is 10.3. The summed E-state index contributed by atoms with van der Waals surface area (Å²) in [6, 6.07) is 34.0. The molecule has 1 aliphatic carbocycles. The van der Waals surface area contributed by atoms with Crippen LogP contribution < -0.4 is 14.5 Å². The minimum Gasteiger partial charge on any atom is -0.509 e. The van der Waals surface area contributed by atoms with Crippen molar-refractivity contribution >= 4 is 44.6 Å². The van der Waals surface area contributed by atoms with Gasteiger partial charge in [-0.2, -0.15) is 12.1 Å². The Hall–Kier alpha value is -7.20. The van der Waals surface area contributed by atoms with E-state index in [1.54, 1.807) is 48.9 Å². The molecule has 1 aliphatic heterocycles. The van der Waals surface area contributed by atoms with E-state index in [0.717, 1.165) is 29.5 Å². The monoisotopic (exact) mass is 1300 g/mol. The molecule has 0 saturated carbocycles. The summed E-state index contributed by atoms with van der Waals surface area (Å²) in [4.78, 5) is 8.65. The van der Waals surface area contributed by atoms with Gasteiger partial charge < -0.3 is 19.1 Å². The van der Waals surface area contributed by atoms with Gasteiger partial charge in [0.15, 0.2) is 0 Å². The fourth-order valence-electron chi connectivity index (χ4n) is 11.7. The van der Waals surface area contributed by atoms with Gasteiger partial charge in [0.25, 0.3) is 0 Å². The first-order valence-electron chi connectivity index (χ1n) is 35.4. The van der Waals surface area contributed by atoms with Crippen LogP contribution in [0.1, 0.15) is 168 Å². The van der Waals surface area contributed by atoms with Crippen molar-refractivity contribution in [2.24, 2.45) is 5.92 Å². The van der Waals surface area contributed by atoms with Gasteiger partial charge in [-0.3, -0.25) is 0 Å². The van der Waals surface area contributed by atoms with Gasteiger partial charge in [-0.05, 0) is 156 Å². The molecule has 2 aliphatic rings. The summed E-state index contributed by atoms with van der Waals surface area (Å²) in [5.74, 6) is 0.448. The summed E-state index contributed by atoms with van der Waals surface area (Å²) in [6.45, 7) is 32.1. The number of anilines is 4. The first kappa shape index (κ1) is 44.3. The molecule has 5 nitrogen and oxygen atoms in total. The Bertz CT molecular complexity index is 4870. The molecular formula is C78H81N4OPt-3. The van der Waals surface area contributed by atoms with Gasteiger partial charge in [0.05, 0.1) is 15.1 Å². The van der Waals surface area contributed by atoms with Crippen LogP contribution in [0.2, 0.25) is 0 Å². The minimum atomic E-state index is -1.99. The second kappa shape index (κ2) is 21.7. The third-order valence-electron chi connectivity index (χ3n) is 16.4. The zero-order chi connectivity index (χ0) is 69.9. The number of nitrogens with zero attached hydrogens (tertiary/aromatic N) is 4. The number of aromatic nitrogens is 2. The van der Waals surface area contributed by atoms with Gasteiger partial charge in [0.1, 0.15) is 5.82 Å². The summed E-state index contributed by atoms with van der Waals surface area (Å²) < 4.78 is 133. The SMILES string of the molecule is [2H]c1c([2H])c(-c2c([2H])c([2H])c(C(C)(C)C)c([2H])c2C(C)(C)C)c([2H])c([2H])c1-c1cc(C([2H])([2H])C(C)C)cc(-c2ccc3c(c2)C(C)(C)CCC3(C)C)c1N1[CH-]N(c2[c-]c(Oc3[c-]c4c(cc3)c3c([2H])c([2H])c([2H])c([2H])c3n4-c3cc(C(C)(C)C)ccn3)ccc2)c2ccccc21.[Pt].